The molecule has 1 aromatic heterocycles. The van der Waals surface area contributed by atoms with Crippen molar-refractivity contribution in [2.75, 3.05) is 19.6 Å². The number of likely N-dealkylation sites (tertiary alicyclic amines) is 1. The van der Waals surface area contributed by atoms with Crippen molar-refractivity contribution in [2.24, 2.45) is 11.8 Å². The lowest BCUT2D eigenvalue weighted by Crippen LogP contribution is -2.48. The van der Waals surface area contributed by atoms with Gasteiger partial charge in [-0.3, -0.25) is 14.4 Å². The third-order valence-electron chi connectivity index (χ3n) is 10.5. The van der Waals surface area contributed by atoms with E-state index in [1.165, 1.54) is 0 Å². The second kappa shape index (κ2) is 12.5. The smallest absolute Gasteiger partial charge is 0.251 e. The lowest BCUT2D eigenvalue weighted by molar-refractivity contribution is -0.131. The van der Waals surface area contributed by atoms with Crippen molar-refractivity contribution >= 4 is 17.7 Å². The number of carbonyl (C=O) groups excluding carboxylic acids is 3. The molecule has 3 aliphatic carbocycles. The van der Waals surface area contributed by atoms with Crippen molar-refractivity contribution < 1.29 is 14.4 Å². The summed E-state index contributed by atoms with van der Waals surface area (Å²) in [6.45, 7) is 5.00. The van der Waals surface area contributed by atoms with E-state index in [0.717, 1.165) is 47.9 Å². The van der Waals surface area contributed by atoms with Crippen LogP contribution in [0.5, 0.6) is 0 Å². The van der Waals surface area contributed by atoms with Gasteiger partial charge in [-0.05, 0) is 117 Å². The van der Waals surface area contributed by atoms with E-state index in [4.69, 9.17) is 0 Å². The number of fused-ring (bicyclic) bond motifs is 3. The number of amides is 3. The first-order valence-electron chi connectivity index (χ1n) is 16.9. The summed E-state index contributed by atoms with van der Waals surface area (Å²) in [5, 5.41) is 35.1. The maximum atomic E-state index is 13.6. The van der Waals surface area contributed by atoms with Crippen LogP contribution in [0.3, 0.4) is 0 Å². The number of rotatable bonds is 11. The van der Waals surface area contributed by atoms with E-state index >= 15 is 0 Å². The minimum atomic E-state index is -0.887. The molecular formula is C35H41N9O3. The maximum absolute atomic E-state index is 13.6. The van der Waals surface area contributed by atoms with E-state index in [0.29, 0.717) is 61.1 Å². The second-order valence-corrected chi connectivity index (χ2v) is 13.4. The van der Waals surface area contributed by atoms with Crippen molar-refractivity contribution in [3.8, 4) is 6.07 Å². The van der Waals surface area contributed by atoms with Gasteiger partial charge in [0.2, 0.25) is 5.91 Å². The zero-order chi connectivity index (χ0) is 32.7. The molecule has 2 saturated carbocycles. The first-order valence-corrected chi connectivity index (χ1v) is 16.9. The molecular weight excluding hydrogens is 594 g/mol. The second-order valence-electron chi connectivity index (χ2n) is 13.4. The zero-order valence-electron chi connectivity index (χ0n) is 26.9. The maximum Gasteiger partial charge on any atom is 0.251 e. The Balaban J connectivity index is 1.31. The lowest BCUT2D eigenvalue weighted by Gasteiger charge is -2.37. The molecule has 1 aliphatic heterocycles. The molecule has 47 heavy (non-hydrogen) atoms. The standard InChI is InChI=1S/C35H41N9O3/c1-3-37-32(46)23-9-11-27-21(13-23)7-8-22-14-24(33(47)38-4-2)10-12-28(22)35(27,34-40-42-43-41-34)17-29(20-5-6-20)39-19-31(45)44-26(18-36)15-25-16-30(25)44/h9-14,20,25-26,29-30,39H,3-8,15-17,19H2,1-2H3,(H,37,46)(H,38,47)(H,40,41,42,43)/t25-,26+,29+,30+/m1/s1. The summed E-state index contributed by atoms with van der Waals surface area (Å²) in [5.74, 6) is 1.02. The summed E-state index contributed by atoms with van der Waals surface area (Å²) in [6.07, 6.45) is 5.68. The van der Waals surface area contributed by atoms with Crippen LogP contribution in [0.2, 0.25) is 0 Å². The molecule has 4 aliphatic rings. The first kappa shape index (κ1) is 31.0. The molecule has 244 valence electrons. The van der Waals surface area contributed by atoms with Gasteiger partial charge < -0.3 is 20.9 Å². The minimum Gasteiger partial charge on any atom is -0.352 e. The van der Waals surface area contributed by atoms with Gasteiger partial charge in [0, 0.05) is 36.3 Å². The van der Waals surface area contributed by atoms with Crippen LogP contribution in [0.4, 0.5) is 0 Å². The van der Waals surface area contributed by atoms with Crippen LogP contribution in [0.1, 0.15) is 94.7 Å². The van der Waals surface area contributed by atoms with Crippen LogP contribution in [0, 0.1) is 23.2 Å². The summed E-state index contributed by atoms with van der Waals surface area (Å²) in [6, 6.07) is 13.8. The third kappa shape index (κ3) is 5.67. The number of aryl methyl sites for hydroxylation is 2. The van der Waals surface area contributed by atoms with E-state index in [1.807, 2.05) is 50.2 Å². The average Bonchev–Trinajstić information content (AvgIpc) is 3.99. The van der Waals surface area contributed by atoms with Crippen molar-refractivity contribution in [1.82, 2.24) is 41.5 Å². The van der Waals surface area contributed by atoms with Gasteiger partial charge in [0.05, 0.1) is 18.0 Å². The summed E-state index contributed by atoms with van der Waals surface area (Å²) < 4.78 is 0. The number of nitriles is 1. The third-order valence-corrected chi connectivity index (χ3v) is 10.5. The average molecular weight is 636 g/mol. The number of H-pyrrole nitrogens is 1. The van der Waals surface area contributed by atoms with Gasteiger partial charge in [-0.25, -0.2) is 0 Å². The van der Waals surface area contributed by atoms with Gasteiger partial charge in [-0.2, -0.15) is 10.5 Å². The number of hydrogen-bond acceptors (Lipinski definition) is 8. The molecule has 3 fully saturated rings. The van der Waals surface area contributed by atoms with Crippen molar-refractivity contribution in [1.29, 1.82) is 5.26 Å². The van der Waals surface area contributed by atoms with Gasteiger partial charge in [0.25, 0.3) is 11.8 Å². The summed E-state index contributed by atoms with van der Waals surface area (Å²) >= 11 is 0. The van der Waals surface area contributed by atoms with Crippen molar-refractivity contribution in [3.05, 3.63) is 75.6 Å². The van der Waals surface area contributed by atoms with E-state index in [-0.39, 0.29) is 42.4 Å². The first-order chi connectivity index (χ1) is 22.9. The number of hydrogen-bond donors (Lipinski definition) is 4. The Morgan fingerprint density at radius 3 is 2.17 bits per heavy atom. The molecule has 4 N–H and O–H groups in total. The normalized spacial score (nSPS) is 22.6. The summed E-state index contributed by atoms with van der Waals surface area (Å²) in [5.41, 5.74) is 4.27. The molecule has 4 atom stereocenters. The van der Waals surface area contributed by atoms with Crippen LogP contribution in [-0.2, 0) is 23.1 Å². The van der Waals surface area contributed by atoms with Gasteiger partial charge in [0.15, 0.2) is 5.82 Å². The highest BCUT2D eigenvalue weighted by atomic mass is 16.2. The van der Waals surface area contributed by atoms with Crippen LogP contribution in [-0.4, -0.2) is 81.0 Å². The van der Waals surface area contributed by atoms with Gasteiger partial charge in [0.1, 0.15) is 6.04 Å². The van der Waals surface area contributed by atoms with Crippen molar-refractivity contribution in [3.63, 3.8) is 0 Å². The molecule has 0 spiro atoms. The predicted molar refractivity (Wildman–Crippen MR) is 172 cm³/mol. The topological polar surface area (TPSA) is 169 Å². The number of piperidine rings is 1. The SMILES string of the molecule is CCNC(=O)c1ccc2c(c1)CCc1cc(C(=O)NCC)ccc1C2(C[C@H](NCC(=O)N1[C@H](C#N)C[C@@H]2C[C@@H]21)C1CC1)c1nn[nH]n1. The Hall–Kier alpha value is -4.63. The van der Waals surface area contributed by atoms with Gasteiger partial charge in [-0.15, -0.1) is 10.2 Å². The van der Waals surface area contributed by atoms with Gasteiger partial charge in [-0.1, -0.05) is 17.3 Å². The number of nitrogens with one attached hydrogen (secondary N) is 4. The Bertz CT molecular complexity index is 1660. The summed E-state index contributed by atoms with van der Waals surface area (Å²) in [4.78, 5) is 41.3. The molecule has 2 aromatic carbocycles. The highest BCUT2D eigenvalue weighted by molar-refractivity contribution is 5.95. The molecule has 12 nitrogen and oxygen atoms in total. The molecule has 1 saturated heterocycles. The number of aromatic amines is 1. The molecule has 0 unspecified atom stereocenters. The highest BCUT2D eigenvalue weighted by Crippen LogP contribution is 2.50. The Morgan fingerprint density at radius 2 is 1.64 bits per heavy atom. The molecule has 3 amide bonds. The zero-order valence-corrected chi connectivity index (χ0v) is 26.9. The minimum absolute atomic E-state index is 0.0272. The van der Waals surface area contributed by atoms with E-state index < -0.39 is 5.41 Å². The summed E-state index contributed by atoms with van der Waals surface area (Å²) in [7, 11) is 0. The van der Waals surface area contributed by atoms with Crippen LogP contribution < -0.4 is 16.0 Å². The molecule has 0 radical (unpaired) electrons. The Morgan fingerprint density at radius 1 is 1.00 bits per heavy atom. The number of nitrogens with zero attached hydrogens (tertiary/aromatic N) is 5. The molecule has 0 bridgehead atoms. The Kier molecular flexibility index (Phi) is 8.26. The largest absolute Gasteiger partial charge is 0.352 e. The predicted octanol–water partition coefficient (Wildman–Crippen LogP) is 2.40. The van der Waals surface area contributed by atoms with E-state index in [1.54, 1.807) is 4.90 Å². The van der Waals surface area contributed by atoms with Crippen LogP contribution >= 0.6 is 0 Å². The fourth-order valence-corrected chi connectivity index (χ4v) is 8.03. The lowest BCUT2D eigenvalue weighted by atomic mass is 9.67. The highest BCUT2D eigenvalue weighted by Gasteiger charge is 2.54. The van der Waals surface area contributed by atoms with E-state index in [2.05, 4.69) is 42.6 Å². The van der Waals surface area contributed by atoms with Crippen LogP contribution in [0.15, 0.2) is 36.4 Å². The molecule has 3 aromatic rings. The number of benzene rings is 2. The number of carbonyl (C=O) groups is 3. The van der Waals surface area contributed by atoms with Crippen LogP contribution in [0.25, 0.3) is 0 Å². The molecule has 12 heteroatoms. The number of tetrazole rings is 1. The Labute approximate surface area is 274 Å². The number of aromatic nitrogens is 4. The fourth-order valence-electron chi connectivity index (χ4n) is 8.03. The van der Waals surface area contributed by atoms with Gasteiger partial charge >= 0.3 is 0 Å². The van der Waals surface area contributed by atoms with Crippen molar-refractivity contribution in [2.45, 2.75) is 82.3 Å². The quantitative estimate of drug-likeness (QED) is 0.249. The fraction of sp³-hybridized carbons (Fsp3) is 0.514. The molecule has 7 rings (SSSR count). The monoisotopic (exact) mass is 635 g/mol. The molecule has 2 heterocycles. The van der Waals surface area contributed by atoms with E-state index in [9.17, 15) is 19.6 Å².